The van der Waals surface area contributed by atoms with Gasteiger partial charge in [-0.05, 0) is 68.1 Å². The van der Waals surface area contributed by atoms with Crippen molar-refractivity contribution in [1.29, 1.82) is 0 Å². The number of nitrogens with one attached hydrogen (secondary N) is 1. The largest absolute Gasteiger partial charge is 0.393 e. The van der Waals surface area contributed by atoms with Crippen LogP contribution < -0.4 is 5.32 Å². The molecule has 1 aromatic heterocycles. The molecule has 1 aromatic rings. The Morgan fingerprint density at radius 3 is 2.76 bits per heavy atom. The zero-order valence-corrected chi connectivity index (χ0v) is 16.5. The first-order valence-corrected chi connectivity index (χ1v) is 10.8. The summed E-state index contributed by atoms with van der Waals surface area (Å²) in [6.07, 6.45) is 10.6. The molecule has 4 aliphatic rings. The summed E-state index contributed by atoms with van der Waals surface area (Å²) in [4.78, 5) is 6.51. The van der Waals surface area contributed by atoms with Crippen LogP contribution in [0.1, 0.15) is 62.9 Å². The molecule has 0 aliphatic heterocycles. The maximum Gasteiger partial charge on any atom is 0.182 e. The molecule has 6 atom stereocenters. The van der Waals surface area contributed by atoms with Crippen LogP contribution in [0.5, 0.6) is 0 Å². The number of hydrogen-bond acceptors (Lipinski definition) is 4. The highest BCUT2D eigenvalue weighted by atomic mass is 32.1. The topological polar surface area (TPSA) is 45.2 Å². The number of anilines is 1. The van der Waals surface area contributed by atoms with Crippen molar-refractivity contribution in [2.45, 2.75) is 70.3 Å². The van der Waals surface area contributed by atoms with E-state index >= 15 is 0 Å². The lowest BCUT2D eigenvalue weighted by atomic mass is 9.48. The molecule has 0 saturated heterocycles. The van der Waals surface area contributed by atoms with Crippen molar-refractivity contribution in [2.75, 3.05) is 12.4 Å². The fourth-order valence-electron chi connectivity index (χ4n) is 6.88. The second kappa shape index (κ2) is 5.32. The Labute approximate surface area is 154 Å². The molecule has 4 aliphatic carbocycles. The third-order valence-corrected chi connectivity index (χ3v) is 9.42. The lowest BCUT2D eigenvalue weighted by Gasteiger charge is -2.57. The van der Waals surface area contributed by atoms with Crippen LogP contribution in [0.2, 0.25) is 0 Å². The van der Waals surface area contributed by atoms with Crippen molar-refractivity contribution in [3.8, 4) is 0 Å². The quantitative estimate of drug-likeness (QED) is 0.725. The van der Waals surface area contributed by atoms with Gasteiger partial charge >= 0.3 is 0 Å². The van der Waals surface area contributed by atoms with Gasteiger partial charge in [0, 0.05) is 17.3 Å². The maximum atomic E-state index is 10.1. The van der Waals surface area contributed by atoms with Crippen LogP contribution in [0.25, 0.3) is 0 Å². The average Bonchev–Trinajstić information content (AvgIpc) is 3.12. The van der Waals surface area contributed by atoms with E-state index < -0.39 is 0 Å². The number of fused-ring (bicyclic) bond motifs is 7. The van der Waals surface area contributed by atoms with Crippen LogP contribution >= 0.6 is 11.3 Å². The minimum Gasteiger partial charge on any atom is -0.393 e. The number of hydrogen-bond donors (Lipinski definition) is 2. The van der Waals surface area contributed by atoms with Gasteiger partial charge in [-0.2, -0.15) is 0 Å². The molecule has 5 rings (SSSR count). The second-order valence-corrected chi connectivity index (χ2v) is 10.4. The molecule has 4 heteroatoms. The minimum absolute atomic E-state index is 0.104. The highest BCUT2D eigenvalue weighted by Gasteiger charge is 2.58. The molecule has 2 fully saturated rings. The van der Waals surface area contributed by atoms with Crippen LogP contribution in [0.15, 0.2) is 11.6 Å². The van der Waals surface area contributed by atoms with Gasteiger partial charge in [0.25, 0.3) is 0 Å². The van der Waals surface area contributed by atoms with Crippen molar-refractivity contribution >= 4 is 16.5 Å². The number of aromatic nitrogens is 1. The smallest absolute Gasteiger partial charge is 0.182 e. The van der Waals surface area contributed by atoms with Crippen molar-refractivity contribution in [3.63, 3.8) is 0 Å². The van der Waals surface area contributed by atoms with E-state index in [0.717, 1.165) is 35.7 Å². The van der Waals surface area contributed by atoms with E-state index in [4.69, 9.17) is 4.98 Å². The van der Waals surface area contributed by atoms with Crippen molar-refractivity contribution in [1.82, 2.24) is 4.98 Å². The first-order valence-electron chi connectivity index (χ1n) is 10.0. The lowest BCUT2D eigenvalue weighted by molar-refractivity contribution is -0.0169. The normalized spacial score (nSPS) is 45.0. The van der Waals surface area contributed by atoms with Crippen LogP contribution in [0.4, 0.5) is 5.13 Å². The highest BCUT2D eigenvalue weighted by Crippen LogP contribution is 2.64. The summed E-state index contributed by atoms with van der Waals surface area (Å²) in [6, 6.07) is 0. The summed E-state index contributed by atoms with van der Waals surface area (Å²) in [5, 5.41) is 14.5. The molecule has 0 spiro atoms. The van der Waals surface area contributed by atoms with Crippen LogP contribution in [-0.2, 0) is 11.8 Å². The van der Waals surface area contributed by atoms with Gasteiger partial charge in [0.15, 0.2) is 5.13 Å². The Bertz CT molecular complexity index is 740. The SMILES string of the molecule is CNc1nc2c(s1)C[C@H]1[C@@H]3CC=C4C[C@@H](O)CC[C@]4(C)[C@H]3CC[C@]21C. The molecule has 0 aromatic carbocycles. The maximum absolute atomic E-state index is 10.1. The number of rotatable bonds is 1. The molecule has 3 nitrogen and oxygen atoms in total. The van der Waals surface area contributed by atoms with Crippen LogP contribution in [-0.4, -0.2) is 23.2 Å². The van der Waals surface area contributed by atoms with E-state index in [1.54, 1.807) is 5.57 Å². The highest BCUT2D eigenvalue weighted by molar-refractivity contribution is 7.15. The van der Waals surface area contributed by atoms with E-state index in [9.17, 15) is 5.11 Å². The minimum atomic E-state index is -0.104. The molecular formula is C21H30N2OS. The van der Waals surface area contributed by atoms with Crippen LogP contribution in [0.3, 0.4) is 0 Å². The summed E-state index contributed by atoms with van der Waals surface area (Å²) in [5.41, 5.74) is 3.59. The van der Waals surface area contributed by atoms with Crippen LogP contribution in [0, 0.1) is 23.2 Å². The summed E-state index contributed by atoms with van der Waals surface area (Å²) < 4.78 is 0. The molecule has 25 heavy (non-hydrogen) atoms. The third-order valence-electron chi connectivity index (χ3n) is 8.32. The molecule has 2 saturated carbocycles. The molecule has 2 N–H and O–H groups in total. The molecule has 0 amide bonds. The number of aliphatic hydroxyl groups is 1. The number of nitrogens with zero attached hydrogens (tertiary/aromatic N) is 1. The number of aliphatic hydroxyl groups excluding tert-OH is 1. The predicted molar refractivity (Wildman–Crippen MR) is 103 cm³/mol. The monoisotopic (exact) mass is 358 g/mol. The average molecular weight is 359 g/mol. The van der Waals surface area contributed by atoms with Gasteiger partial charge in [0.1, 0.15) is 0 Å². The Morgan fingerprint density at radius 2 is 1.96 bits per heavy atom. The van der Waals surface area contributed by atoms with E-state index in [2.05, 4.69) is 25.2 Å². The molecular weight excluding hydrogens is 328 g/mol. The van der Waals surface area contributed by atoms with E-state index in [-0.39, 0.29) is 11.5 Å². The van der Waals surface area contributed by atoms with Crippen molar-refractivity contribution < 1.29 is 5.11 Å². The Kier molecular flexibility index (Phi) is 3.47. The summed E-state index contributed by atoms with van der Waals surface area (Å²) in [6.45, 7) is 5.00. The van der Waals surface area contributed by atoms with E-state index in [1.165, 1.54) is 42.7 Å². The van der Waals surface area contributed by atoms with E-state index in [1.807, 2.05) is 18.4 Å². The number of allylic oxidation sites excluding steroid dienone is 1. The van der Waals surface area contributed by atoms with E-state index in [0.29, 0.717) is 5.41 Å². The Hall–Kier alpha value is -0.870. The standard InChI is InChI=1S/C21H30N2OS/c1-20-8-6-13(24)10-12(20)4-5-14-15(20)7-9-21(2)16(14)11-17-18(21)23-19(22-3)25-17/h4,13-16,24H,5-11H2,1-3H3,(H,22,23)/t13-,14+,15-,16-,20-,21-/m0/s1. The zero-order valence-electron chi connectivity index (χ0n) is 15.6. The predicted octanol–water partition coefficient (Wildman–Crippen LogP) is 4.52. The third kappa shape index (κ3) is 2.10. The fourth-order valence-corrected chi connectivity index (χ4v) is 7.99. The molecule has 136 valence electrons. The Balaban J connectivity index is 1.50. The van der Waals surface area contributed by atoms with Crippen molar-refractivity contribution in [2.24, 2.45) is 23.2 Å². The number of thiazole rings is 1. The fraction of sp³-hybridized carbons (Fsp3) is 0.762. The van der Waals surface area contributed by atoms with Gasteiger partial charge in [-0.3, -0.25) is 0 Å². The van der Waals surface area contributed by atoms with Crippen molar-refractivity contribution in [3.05, 3.63) is 22.2 Å². The van der Waals surface area contributed by atoms with Gasteiger partial charge in [0.05, 0.1) is 11.8 Å². The zero-order chi connectivity index (χ0) is 17.4. The van der Waals surface area contributed by atoms with Gasteiger partial charge < -0.3 is 10.4 Å². The van der Waals surface area contributed by atoms with Gasteiger partial charge in [-0.25, -0.2) is 4.98 Å². The second-order valence-electron chi connectivity index (χ2n) is 9.36. The van der Waals surface area contributed by atoms with Gasteiger partial charge in [-0.15, -0.1) is 11.3 Å². The molecule has 0 unspecified atom stereocenters. The first kappa shape index (κ1) is 16.3. The summed E-state index contributed by atoms with van der Waals surface area (Å²) >= 11 is 1.88. The summed E-state index contributed by atoms with van der Waals surface area (Å²) in [7, 11) is 1.98. The lowest BCUT2D eigenvalue weighted by Crippen LogP contribution is -2.51. The molecule has 1 heterocycles. The van der Waals surface area contributed by atoms with Gasteiger partial charge in [0.2, 0.25) is 0 Å². The Morgan fingerprint density at radius 1 is 1.16 bits per heavy atom. The molecule has 0 bridgehead atoms. The summed E-state index contributed by atoms with van der Waals surface area (Å²) in [5.74, 6) is 2.35. The van der Waals surface area contributed by atoms with Gasteiger partial charge in [-0.1, -0.05) is 25.5 Å². The molecule has 0 radical (unpaired) electrons. The first-order chi connectivity index (χ1) is 12.0.